The molecule has 0 saturated carbocycles. The first-order valence-electron chi connectivity index (χ1n) is 7.42. The van der Waals surface area contributed by atoms with E-state index in [2.05, 4.69) is 5.32 Å². The number of nitrogens with one attached hydrogen (secondary N) is 1. The van der Waals surface area contributed by atoms with Crippen LogP contribution in [-0.4, -0.2) is 15.0 Å². The second-order valence-electron chi connectivity index (χ2n) is 5.67. The van der Waals surface area contributed by atoms with Crippen molar-refractivity contribution in [3.05, 3.63) is 57.8 Å². The second-order valence-corrected chi connectivity index (χ2v) is 8.43. The van der Waals surface area contributed by atoms with Crippen molar-refractivity contribution in [2.75, 3.05) is 6.54 Å². The van der Waals surface area contributed by atoms with E-state index in [0.717, 1.165) is 29.7 Å². The number of rotatable bonds is 2. The molecule has 24 heavy (non-hydrogen) atoms. The number of sulfone groups is 1. The highest BCUT2D eigenvalue weighted by atomic mass is 35.5. The van der Waals surface area contributed by atoms with Crippen LogP contribution < -0.4 is 5.32 Å². The number of hydrogen-bond acceptors (Lipinski definition) is 4. The quantitative estimate of drug-likeness (QED) is 0.721. The van der Waals surface area contributed by atoms with E-state index in [-0.39, 0.29) is 14.8 Å². The van der Waals surface area contributed by atoms with Gasteiger partial charge in [0.05, 0.1) is 26.4 Å². The van der Waals surface area contributed by atoms with E-state index in [1.807, 2.05) is 6.07 Å². The summed E-state index contributed by atoms with van der Waals surface area (Å²) in [7, 11) is -3.69. The van der Waals surface area contributed by atoms with Gasteiger partial charge in [0.2, 0.25) is 9.84 Å². The minimum atomic E-state index is -3.69. The summed E-state index contributed by atoms with van der Waals surface area (Å²) in [6, 6.07) is 9.29. The largest absolute Gasteiger partial charge is 0.459 e. The fourth-order valence-electron chi connectivity index (χ4n) is 2.96. The highest BCUT2D eigenvalue weighted by Crippen LogP contribution is 2.33. The molecule has 4 rings (SSSR count). The molecule has 2 heterocycles. The van der Waals surface area contributed by atoms with Crippen LogP contribution in [0.4, 0.5) is 0 Å². The summed E-state index contributed by atoms with van der Waals surface area (Å²) >= 11 is 11.8. The van der Waals surface area contributed by atoms with Crippen molar-refractivity contribution in [2.24, 2.45) is 0 Å². The first-order chi connectivity index (χ1) is 11.5. The van der Waals surface area contributed by atoms with Crippen LogP contribution in [0.5, 0.6) is 0 Å². The summed E-state index contributed by atoms with van der Waals surface area (Å²) < 4.78 is 31.5. The number of furan rings is 1. The molecular formula is C17H13Cl2NO3S. The molecule has 1 aliphatic rings. The van der Waals surface area contributed by atoms with Crippen LogP contribution in [0.25, 0.3) is 11.0 Å². The van der Waals surface area contributed by atoms with Crippen LogP contribution in [0.1, 0.15) is 11.3 Å². The van der Waals surface area contributed by atoms with Crippen molar-refractivity contribution in [1.29, 1.82) is 0 Å². The molecule has 0 aliphatic carbocycles. The first-order valence-corrected chi connectivity index (χ1v) is 9.66. The smallest absolute Gasteiger partial charge is 0.206 e. The Balaban J connectivity index is 1.84. The number of hydrogen-bond donors (Lipinski definition) is 1. The molecule has 3 aromatic rings. The molecule has 7 heteroatoms. The van der Waals surface area contributed by atoms with Crippen LogP contribution in [0, 0.1) is 0 Å². The second kappa shape index (κ2) is 5.77. The van der Waals surface area contributed by atoms with Crippen molar-refractivity contribution in [1.82, 2.24) is 5.32 Å². The normalized spacial score (nSPS) is 14.8. The Morgan fingerprint density at radius 3 is 2.54 bits per heavy atom. The van der Waals surface area contributed by atoms with Gasteiger partial charge in [-0.2, -0.15) is 0 Å². The molecule has 0 fully saturated rings. The number of halogens is 2. The molecule has 0 amide bonds. The van der Waals surface area contributed by atoms with Gasteiger partial charge in [0, 0.05) is 17.0 Å². The molecule has 0 radical (unpaired) electrons. The Kier molecular flexibility index (Phi) is 3.84. The van der Waals surface area contributed by atoms with Crippen LogP contribution >= 0.6 is 23.2 Å². The minimum absolute atomic E-state index is 0.106. The lowest BCUT2D eigenvalue weighted by atomic mass is 10.1. The Morgan fingerprint density at radius 2 is 1.75 bits per heavy atom. The molecule has 2 aromatic carbocycles. The third kappa shape index (κ3) is 2.52. The van der Waals surface area contributed by atoms with Gasteiger partial charge in [-0.15, -0.1) is 0 Å². The maximum Gasteiger partial charge on any atom is 0.206 e. The molecular weight excluding hydrogens is 369 g/mol. The van der Waals surface area contributed by atoms with Crippen LogP contribution in [0.2, 0.25) is 10.0 Å². The average molecular weight is 382 g/mol. The van der Waals surface area contributed by atoms with E-state index in [0.29, 0.717) is 17.2 Å². The van der Waals surface area contributed by atoms with Gasteiger partial charge in [-0.25, -0.2) is 8.42 Å². The van der Waals surface area contributed by atoms with Gasteiger partial charge < -0.3 is 9.73 Å². The van der Waals surface area contributed by atoms with Crippen molar-refractivity contribution >= 4 is 44.0 Å². The van der Waals surface area contributed by atoms with Gasteiger partial charge in [0.25, 0.3) is 0 Å². The van der Waals surface area contributed by atoms with Crippen molar-refractivity contribution in [3.8, 4) is 0 Å². The molecule has 1 N–H and O–H groups in total. The zero-order valence-electron chi connectivity index (χ0n) is 12.5. The van der Waals surface area contributed by atoms with E-state index in [4.69, 9.17) is 27.6 Å². The Morgan fingerprint density at radius 1 is 1.00 bits per heavy atom. The standard InChI is InChI=1S/C17H13Cl2NO3S/c18-14-4-2-10(7-15(14)19)24(21,22)11-1-3-12-13-5-6-20-9-17(13)23-16(12)8-11/h1-4,7-8,20H,5-6,9H2. The maximum atomic E-state index is 12.8. The fraction of sp³-hybridized carbons (Fsp3) is 0.176. The van der Waals surface area contributed by atoms with Crippen LogP contribution in [0.3, 0.4) is 0 Å². The van der Waals surface area contributed by atoms with Gasteiger partial charge in [-0.05, 0) is 43.3 Å². The Hall–Kier alpha value is -1.53. The monoisotopic (exact) mass is 381 g/mol. The average Bonchev–Trinajstić information content (AvgIpc) is 2.95. The van der Waals surface area contributed by atoms with Crippen molar-refractivity contribution < 1.29 is 12.8 Å². The summed E-state index contributed by atoms with van der Waals surface area (Å²) in [6.07, 6.45) is 0.876. The van der Waals surface area contributed by atoms with Gasteiger partial charge in [0.1, 0.15) is 11.3 Å². The molecule has 0 atom stereocenters. The minimum Gasteiger partial charge on any atom is -0.459 e. The lowest BCUT2D eigenvalue weighted by Gasteiger charge is -2.10. The maximum absolute atomic E-state index is 12.8. The molecule has 4 nitrogen and oxygen atoms in total. The van der Waals surface area contributed by atoms with Gasteiger partial charge >= 0.3 is 0 Å². The number of fused-ring (bicyclic) bond motifs is 3. The van der Waals surface area contributed by atoms with Gasteiger partial charge in [0.15, 0.2) is 0 Å². The fourth-order valence-corrected chi connectivity index (χ4v) is 4.62. The van der Waals surface area contributed by atoms with Crippen LogP contribution in [-0.2, 0) is 22.8 Å². The van der Waals surface area contributed by atoms with Crippen LogP contribution in [0.15, 0.2) is 50.6 Å². The zero-order chi connectivity index (χ0) is 16.9. The topological polar surface area (TPSA) is 59.3 Å². The van der Waals surface area contributed by atoms with E-state index in [1.165, 1.54) is 18.2 Å². The van der Waals surface area contributed by atoms with E-state index < -0.39 is 9.84 Å². The zero-order valence-corrected chi connectivity index (χ0v) is 14.8. The molecule has 0 unspecified atom stereocenters. The summed E-state index contributed by atoms with van der Waals surface area (Å²) in [5, 5.41) is 4.74. The highest BCUT2D eigenvalue weighted by Gasteiger charge is 2.22. The SMILES string of the molecule is O=S(=O)(c1ccc(Cl)c(Cl)c1)c1ccc2c3c(oc2c1)CNCC3. The Bertz CT molecular complexity index is 1060. The summed E-state index contributed by atoms with van der Waals surface area (Å²) in [6.45, 7) is 1.56. The van der Waals surface area contributed by atoms with Crippen molar-refractivity contribution in [2.45, 2.75) is 22.8 Å². The Labute approximate surface area is 149 Å². The van der Waals surface area contributed by atoms with Gasteiger partial charge in [-0.1, -0.05) is 23.2 Å². The molecule has 0 bridgehead atoms. The van der Waals surface area contributed by atoms with E-state index in [1.54, 1.807) is 12.1 Å². The lowest BCUT2D eigenvalue weighted by Crippen LogP contribution is -2.22. The summed E-state index contributed by atoms with van der Waals surface area (Å²) in [5.74, 6) is 0.875. The van der Waals surface area contributed by atoms with Crippen molar-refractivity contribution in [3.63, 3.8) is 0 Å². The molecule has 0 saturated heterocycles. The predicted molar refractivity (Wildman–Crippen MR) is 93.5 cm³/mol. The highest BCUT2D eigenvalue weighted by molar-refractivity contribution is 7.91. The third-order valence-corrected chi connectivity index (χ3v) is 6.69. The number of benzene rings is 2. The van der Waals surface area contributed by atoms with Gasteiger partial charge in [-0.3, -0.25) is 0 Å². The van der Waals surface area contributed by atoms with E-state index in [9.17, 15) is 8.42 Å². The van der Waals surface area contributed by atoms with E-state index >= 15 is 0 Å². The lowest BCUT2D eigenvalue weighted by molar-refractivity contribution is 0.487. The molecule has 1 aromatic heterocycles. The molecule has 0 spiro atoms. The predicted octanol–water partition coefficient (Wildman–Crippen LogP) is 4.22. The summed E-state index contributed by atoms with van der Waals surface area (Å²) in [5.41, 5.74) is 1.74. The first kappa shape index (κ1) is 16.0. The summed E-state index contributed by atoms with van der Waals surface area (Å²) in [4.78, 5) is 0.279. The molecule has 124 valence electrons. The molecule has 1 aliphatic heterocycles. The third-order valence-electron chi connectivity index (χ3n) is 4.20.